The Morgan fingerprint density at radius 3 is 2.53 bits per heavy atom. The molecule has 0 aliphatic rings. The van der Waals surface area contributed by atoms with Crippen molar-refractivity contribution in [2.75, 3.05) is 6.61 Å². The second-order valence-electron chi connectivity index (χ2n) is 4.15. The largest absolute Gasteiger partial charge is 0.494 e. The Morgan fingerprint density at radius 2 is 1.89 bits per heavy atom. The van der Waals surface area contributed by atoms with Crippen LogP contribution in [-0.4, -0.2) is 6.61 Å². The van der Waals surface area contributed by atoms with E-state index in [0.29, 0.717) is 6.61 Å². The lowest BCUT2D eigenvalue weighted by Crippen LogP contribution is -2.13. The first-order chi connectivity index (χ1) is 9.11. The van der Waals surface area contributed by atoms with Crippen LogP contribution < -0.4 is 10.5 Å². The molecule has 0 saturated heterocycles. The zero-order chi connectivity index (χ0) is 13.8. The highest BCUT2D eigenvalue weighted by molar-refractivity contribution is 14.1. The van der Waals surface area contributed by atoms with Gasteiger partial charge in [0.2, 0.25) is 0 Å². The third-order valence-electron chi connectivity index (χ3n) is 2.84. The van der Waals surface area contributed by atoms with E-state index in [1.54, 1.807) is 0 Å². The molecule has 100 valence electrons. The van der Waals surface area contributed by atoms with Crippen LogP contribution in [-0.2, 0) is 0 Å². The summed E-state index contributed by atoms with van der Waals surface area (Å²) in [4.78, 5) is 0. The Kier molecular flexibility index (Phi) is 5.24. The van der Waals surface area contributed by atoms with E-state index in [1.807, 2.05) is 37.3 Å². The second-order valence-corrected chi connectivity index (χ2v) is 6.22. The summed E-state index contributed by atoms with van der Waals surface area (Å²) in [5.74, 6) is 0.877. The lowest BCUT2D eigenvalue weighted by molar-refractivity contribution is 0.340. The molecule has 0 bridgehead atoms. The second kappa shape index (κ2) is 6.72. The molecule has 0 radical (unpaired) electrons. The summed E-state index contributed by atoms with van der Waals surface area (Å²) in [5.41, 5.74) is 8.55. The number of benzene rings is 2. The molecular formula is C15H15BrINO. The Labute approximate surface area is 135 Å². The minimum Gasteiger partial charge on any atom is -0.494 e. The van der Waals surface area contributed by atoms with Gasteiger partial charge < -0.3 is 10.5 Å². The molecule has 2 nitrogen and oxygen atoms in total. The highest BCUT2D eigenvalue weighted by atomic mass is 127. The van der Waals surface area contributed by atoms with E-state index in [4.69, 9.17) is 10.5 Å². The van der Waals surface area contributed by atoms with Crippen LogP contribution in [0.4, 0.5) is 0 Å². The van der Waals surface area contributed by atoms with Crippen molar-refractivity contribution < 1.29 is 4.74 Å². The van der Waals surface area contributed by atoms with Gasteiger partial charge in [0.1, 0.15) is 5.75 Å². The van der Waals surface area contributed by atoms with Crippen LogP contribution in [0.5, 0.6) is 5.75 Å². The number of rotatable bonds is 4. The van der Waals surface area contributed by atoms with Crippen LogP contribution in [0.15, 0.2) is 46.9 Å². The molecule has 1 atom stereocenters. The van der Waals surface area contributed by atoms with Gasteiger partial charge >= 0.3 is 0 Å². The number of halogens is 2. The third-order valence-corrected chi connectivity index (χ3v) is 4.32. The maximum absolute atomic E-state index is 6.34. The summed E-state index contributed by atoms with van der Waals surface area (Å²) in [5, 5.41) is 0. The Bertz CT molecular complexity index is 557. The molecule has 0 aromatic heterocycles. The maximum atomic E-state index is 6.34. The molecule has 2 N–H and O–H groups in total. The molecule has 0 heterocycles. The van der Waals surface area contributed by atoms with Crippen LogP contribution in [0.2, 0.25) is 0 Å². The Hall–Kier alpha value is -0.590. The average molecular weight is 432 g/mol. The van der Waals surface area contributed by atoms with Gasteiger partial charge in [-0.2, -0.15) is 0 Å². The van der Waals surface area contributed by atoms with Crippen molar-refractivity contribution in [3.05, 3.63) is 61.6 Å². The maximum Gasteiger partial charge on any atom is 0.119 e. The predicted octanol–water partition coefficient (Wildman–Crippen LogP) is 4.50. The normalized spacial score (nSPS) is 12.2. The number of hydrogen-bond donors (Lipinski definition) is 1. The quantitative estimate of drug-likeness (QED) is 0.723. The van der Waals surface area contributed by atoms with Crippen molar-refractivity contribution in [3.8, 4) is 5.75 Å². The minimum absolute atomic E-state index is 0.125. The third kappa shape index (κ3) is 3.70. The molecule has 0 aliphatic carbocycles. The molecular weight excluding hydrogens is 417 g/mol. The van der Waals surface area contributed by atoms with Crippen LogP contribution in [0.3, 0.4) is 0 Å². The van der Waals surface area contributed by atoms with Crippen LogP contribution >= 0.6 is 38.5 Å². The van der Waals surface area contributed by atoms with Gasteiger partial charge in [0, 0.05) is 8.04 Å². The van der Waals surface area contributed by atoms with E-state index >= 15 is 0 Å². The zero-order valence-electron chi connectivity index (χ0n) is 10.6. The van der Waals surface area contributed by atoms with Gasteiger partial charge in [-0.05, 0) is 71.0 Å². The topological polar surface area (TPSA) is 35.2 Å². The molecule has 1 unspecified atom stereocenters. The number of ether oxygens (including phenoxy) is 1. The Morgan fingerprint density at radius 1 is 1.21 bits per heavy atom. The van der Waals surface area contributed by atoms with Gasteiger partial charge in [0.15, 0.2) is 0 Å². The average Bonchev–Trinajstić information content (AvgIpc) is 2.42. The van der Waals surface area contributed by atoms with Gasteiger partial charge in [0.05, 0.1) is 12.6 Å². The van der Waals surface area contributed by atoms with Gasteiger partial charge in [-0.1, -0.05) is 28.1 Å². The summed E-state index contributed by atoms with van der Waals surface area (Å²) in [6.45, 7) is 2.65. The fraction of sp³-hybridized carbons (Fsp3) is 0.200. The van der Waals surface area contributed by atoms with Gasteiger partial charge in [-0.15, -0.1) is 0 Å². The first-order valence-electron chi connectivity index (χ1n) is 6.05. The zero-order valence-corrected chi connectivity index (χ0v) is 14.3. The summed E-state index contributed by atoms with van der Waals surface area (Å²) >= 11 is 5.80. The SMILES string of the molecule is CCOc1ccc(C(N)c2cc(Br)ccc2I)cc1. The van der Waals surface area contributed by atoms with Crippen molar-refractivity contribution in [2.24, 2.45) is 5.73 Å². The minimum atomic E-state index is -0.125. The van der Waals surface area contributed by atoms with Gasteiger partial charge in [-0.3, -0.25) is 0 Å². The summed E-state index contributed by atoms with van der Waals surface area (Å²) in [6.07, 6.45) is 0. The summed E-state index contributed by atoms with van der Waals surface area (Å²) in [6, 6.07) is 14.0. The van der Waals surface area contributed by atoms with Crippen molar-refractivity contribution >= 4 is 38.5 Å². The lowest BCUT2D eigenvalue weighted by Gasteiger charge is -2.15. The molecule has 2 aromatic carbocycles. The van der Waals surface area contributed by atoms with Crippen LogP contribution in [0.25, 0.3) is 0 Å². The molecule has 0 aliphatic heterocycles. The van der Waals surface area contributed by atoms with E-state index in [0.717, 1.165) is 21.3 Å². The predicted molar refractivity (Wildman–Crippen MR) is 90.5 cm³/mol. The van der Waals surface area contributed by atoms with Crippen LogP contribution in [0.1, 0.15) is 24.1 Å². The molecule has 0 spiro atoms. The molecule has 19 heavy (non-hydrogen) atoms. The molecule has 0 fully saturated rings. The molecule has 0 saturated carbocycles. The molecule has 2 aromatic rings. The van der Waals surface area contributed by atoms with E-state index in [1.165, 1.54) is 3.57 Å². The van der Waals surface area contributed by atoms with Crippen molar-refractivity contribution in [1.82, 2.24) is 0 Å². The fourth-order valence-corrected chi connectivity index (χ4v) is 2.92. The number of nitrogens with two attached hydrogens (primary N) is 1. The summed E-state index contributed by atoms with van der Waals surface area (Å²) in [7, 11) is 0. The smallest absolute Gasteiger partial charge is 0.119 e. The highest BCUT2D eigenvalue weighted by Gasteiger charge is 2.12. The Balaban J connectivity index is 2.27. The van der Waals surface area contributed by atoms with Crippen molar-refractivity contribution in [1.29, 1.82) is 0 Å². The van der Waals surface area contributed by atoms with E-state index in [-0.39, 0.29) is 6.04 Å². The van der Waals surface area contributed by atoms with E-state index in [2.05, 4.69) is 50.7 Å². The first-order valence-corrected chi connectivity index (χ1v) is 7.92. The molecule has 0 amide bonds. The fourth-order valence-electron chi connectivity index (χ4n) is 1.87. The van der Waals surface area contributed by atoms with Crippen LogP contribution in [0, 0.1) is 3.57 Å². The van der Waals surface area contributed by atoms with E-state index in [9.17, 15) is 0 Å². The molecule has 4 heteroatoms. The standard InChI is InChI=1S/C15H15BrINO/c1-2-19-12-6-3-10(4-7-12)15(18)13-9-11(16)5-8-14(13)17/h3-9,15H,2,18H2,1H3. The summed E-state index contributed by atoms with van der Waals surface area (Å²) < 4.78 is 7.65. The first kappa shape index (κ1) is 14.8. The number of hydrogen-bond acceptors (Lipinski definition) is 2. The van der Waals surface area contributed by atoms with Crippen molar-refractivity contribution in [3.63, 3.8) is 0 Å². The van der Waals surface area contributed by atoms with Gasteiger partial charge in [0.25, 0.3) is 0 Å². The van der Waals surface area contributed by atoms with Gasteiger partial charge in [-0.25, -0.2) is 0 Å². The monoisotopic (exact) mass is 431 g/mol. The molecule has 2 rings (SSSR count). The lowest BCUT2D eigenvalue weighted by atomic mass is 10.00. The highest BCUT2D eigenvalue weighted by Crippen LogP contribution is 2.28. The van der Waals surface area contributed by atoms with Crippen molar-refractivity contribution in [2.45, 2.75) is 13.0 Å². The van der Waals surface area contributed by atoms with E-state index < -0.39 is 0 Å².